The molecule has 0 aromatic heterocycles. The van der Waals surface area contributed by atoms with Gasteiger partial charge in [-0.15, -0.1) is 0 Å². The third-order valence-electron chi connectivity index (χ3n) is 4.30. The lowest BCUT2D eigenvalue weighted by atomic mass is 10.2. The number of hydrogen-bond acceptors (Lipinski definition) is 6. The quantitative estimate of drug-likeness (QED) is 0.614. The molecule has 3 rings (SSSR count). The summed E-state index contributed by atoms with van der Waals surface area (Å²) in [5.41, 5.74) is 6.41. The lowest BCUT2D eigenvalue weighted by Crippen LogP contribution is -2.44. The van der Waals surface area contributed by atoms with Gasteiger partial charge in [-0.2, -0.15) is 0 Å². The number of carbonyl (C=O) groups excluding carboxylic acids is 2. The molecule has 0 unspecified atom stereocenters. The van der Waals surface area contributed by atoms with E-state index in [2.05, 4.69) is 0 Å². The smallest absolute Gasteiger partial charge is 0.338 e. The highest BCUT2D eigenvalue weighted by atomic mass is 32.2. The van der Waals surface area contributed by atoms with Crippen molar-refractivity contribution in [2.45, 2.75) is 31.3 Å². The van der Waals surface area contributed by atoms with Crippen molar-refractivity contribution >= 4 is 27.4 Å². The molecule has 1 amide bonds. The molecule has 1 aromatic rings. The predicted molar refractivity (Wildman–Crippen MR) is 88.1 cm³/mol. The van der Waals surface area contributed by atoms with Crippen LogP contribution in [0.2, 0.25) is 0 Å². The molecule has 7 nitrogen and oxygen atoms in total. The zero-order valence-corrected chi connectivity index (χ0v) is 14.0. The minimum atomic E-state index is -3.07. The third-order valence-corrected chi connectivity index (χ3v) is 6.05. The monoisotopic (exact) mass is 352 g/mol. The van der Waals surface area contributed by atoms with Gasteiger partial charge in [-0.05, 0) is 43.5 Å². The van der Waals surface area contributed by atoms with Gasteiger partial charge in [0.25, 0.3) is 5.91 Å². The minimum absolute atomic E-state index is 0.00114. The molecule has 2 aliphatic rings. The molecule has 24 heavy (non-hydrogen) atoms. The molecule has 0 spiro atoms. The molecule has 0 radical (unpaired) electrons. The number of anilines is 1. The van der Waals surface area contributed by atoms with Crippen LogP contribution in [-0.2, 0) is 19.4 Å². The topological polar surface area (TPSA) is 107 Å². The summed E-state index contributed by atoms with van der Waals surface area (Å²) in [6.07, 6.45) is 2.19. The van der Waals surface area contributed by atoms with Gasteiger partial charge < -0.3 is 15.4 Å². The van der Waals surface area contributed by atoms with Crippen LogP contribution >= 0.6 is 0 Å². The number of nitrogens with two attached hydrogens (primary N) is 1. The van der Waals surface area contributed by atoms with Crippen molar-refractivity contribution in [2.75, 3.05) is 23.8 Å². The van der Waals surface area contributed by atoms with Crippen LogP contribution in [-0.4, -0.2) is 55.4 Å². The van der Waals surface area contributed by atoms with E-state index in [1.165, 1.54) is 12.1 Å². The Morgan fingerprint density at radius 3 is 2.33 bits per heavy atom. The SMILES string of the molecule is Nc1ccc(C(=O)OCC(=O)N(C2CC2)[C@@H]2CCS(=O)(=O)C2)cc1. The fourth-order valence-electron chi connectivity index (χ4n) is 2.96. The van der Waals surface area contributed by atoms with E-state index in [0.29, 0.717) is 17.7 Å². The summed E-state index contributed by atoms with van der Waals surface area (Å²) in [4.78, 5) is 26.0. The summed E-state index contributed by atoms with van der Waals surface area (Å²) < 4.78 is 28.4. The Hall–Kier alpha value is -2.09. The number of esters is 1. The highest BCUT2D eigenvalue weighted by Gasteiger charge is 2.42. The number of nitrogen functional groups attached to an aromatic ring is 1. The number of nitrogens with zero attached hydrogens (tertiary/aromatic N) is 1. The molecule has 1 atom stereocenters. The van der Waals surface area contributed by atoms with Gasteiger partial charge in [0, 0.05) is 17.8 Å². The average Bonchev–Trinajstić information content (AvgIpc) is 3.29. The maximum absolute atomic E-state index is 12.4. The van der Waals surface area contributed by atoms with Gasteiger partial charge in [-0.3, -0.25) is 4.79 Å². The standard InChI is InChI=1S/C16H20N2O5S/c17-12-3-1-11(2-4-12)16(20)23-9-15(19)18(13-5-6-13)14-7-8-24(21,22)10-14/h1-4,13-14H,5-10,17H2/t14-/m1/s1. The van der Waals surface area contributed by atoms with Crippen LogP contribution in [0.4, 0.5) is 5.69 Å². The Balaban J connectivity index is 1.60. The van der Waals surface area contributed by atoms with Gasteiger partial charge in [0.2, 0.25) is 0 Å². The van der Waals surface area contributed by atoms with Crippen molar-refractivity contribution in [3.05, 3.63) is 29.8 Å². The molecule has 1 saturated heterocycles. The van der Waals surface area contributed by atoms with E-state index < -0.39 is 15.8 Å². The molecule has 2 N–H and O–H groups in total. The number of benzene rings is 1. The van der Waals surface area contributed by atoms with Crippen molar-refractivity contribution in [3.8, 4) is 0 Å². The largest absolute Gasteiger partial charge is 0.452 e. The second-order valence-electron chi connectivity index (χ2n) is 6.29. The molecule has 1 aliphatic carbocycles. The Labute approximate surface area is 140 Å². The van der Waals surface area contributed by atoms with E-state index in [1.807, 2.05) is 0 Å². The van der Waals surface area contributed by atoms with Crippen LogP contribution in [0, 0.1) is 0 Å². The maximum Gasteiger partial charge on any atom is 0.338 e. The first-order chi connectivity index (χ1) is 11.4. The first kappa shape index (κ1) is 16.8. The Bertz CT molecular complexity index is 740. The molecule has 1 aliphatic heterocycles. The van der Waals surface area contributed by atoms with Crippen LogP contribution in [0.15, 0.2) is 24.3 Å². The van der Waals surface area contributed by atoms with E-state index in [-0.39, 0.29) is 36.1 Å². The second kappa shape index (κ2) is 6.43. The number of rotatable bonds is 5. The lowest BCUT2D eigenvalue weighted by Gasteiger charge is -2.28. The van der Waals surface area contributed by atoms with Gasteiger partial charge in [0.15, 0.2) is 16.4 Å². The zero-order chi connectivity index (χ0) is 17.3. The molecule has 130 valence electrons. The Kier molecular flexibility index (Phi) is 4.49. The molecule has 0 bridgehead atoms. The highest BCUT2D eigenvalue weighted by Crippen LogP contribution is 2.32. The first-order valence-electron chi connectivity index (χ1n) is 7.90. The molecular formula is C16H20N2O5S. The van der Waals surface area contributed by atoms with Crippen molar-refractivity contribution in [3.63, 3.8) is 0 Å². The summed E-state index contributed by atoms with van der Waals surface area (Å²) in [5, 5.41) is 0. The summed E-state index contributed by atoms with van der Waals surface area (Å²) >= 11 is 0. The maximum atomic E-state index is 12.4. The lowest BCUT2D eigenvalue weighted by molar-refractivity contribution is -0.137. The molecule has 1 heterocycles. The summed E-state index contributed by atoms with van der Waals surface area (Å²) in [6, 6.07) is 6.00. The van der Waals surface area contributed by atoms with E-state index in [1.54, 1.807) is 17.0 Å². The average molecular weight is 352 g/mol. The van der Waals surface area contributed by atoms with Gasteiger partial charge in [0.1, 0.15) is 0 Å². The van der Waals surface area contributed by atoms with E-state index in [4.69, 9.17) is 10.5 Å². The fraction of sp³-hybridized carbons (Fsp3) is 0.500. The van der Waals surface area contributed by atoms with E-state index in [0.717, 1.165) is 12.8 Å². The number of amides is 1. The normalized spacial score (nSPS) is 22.1. The van der Waals surface area contributed by atoms with Crippen molar-refractivity contribution in [2.24, 2.45) is 0 Å². The van der Waals surface area contributed by atoms with Gasteiger partial charge in [-0.1, -0.05) is 0 Å². The van der Waals surface area contributed by atoms with Gasteiger partial charge in [0.05, 0.1) is 17.1 Å². The Morgan fingerprint density at radius 1 is 1.12 bits per heavy atom. The molecule has 2 fully saturated rings. The Morgan fingerprint density at radius 2 is 1.79 bits per heavy atom. The first-order valence-corrected chi connectivity index (χ1v) is 9.72. The second-order valence-corrected chi connectivity index (χ2v) is 8.52. The summed E-state index contributed by atoms with van der Waals surface area (Å²) in [5.74, 6) is -0.817. The van der Waals surface area contributed by atoms with Crippen molar-refractivity contribution in [1.29, 1.82) is 0 Å². The molecule has 1 saturated carbocycles. The number of sulfone groups is 1. The summed E-state index contributed by atoms with van der Waals surface area (Å²) in [6.45, 7) is -0.379. The highest BCUT2D eigenvalue weighted by molar-refractivity contribution is 7.91. The van der Waals surface area contributed by atoms with Crippen LogP contribution in [0.5, 0.6) is 0 Å². The third kappa shape index (κ3) is 3.87. The van der Waals surface area contributed by atoms with E-state index >= 15 is 0 Å². The van der Waals surface area contributed by atoms with E-state index in [9.17, 15) is 18.0 Å². The molecule has 8 heteroatoms. The van der Waals surface area contributed by atoms with Gasteiger partial charge >= 0.3 is 5.97 Å². The fourth-order valence-corrected chi connectivity index (χ4v) is 4.67. The van der Waals surface area contributed by atoms with Crippen LogP contribution in [0.3, 0.4) is 0 Å². The zero-order valence-electron chi connectivity index (χ0n) is 13.2. The molecule has 1 aromatic carbocycles. The van der Waals surface area contributed by atoms with Gasteiger partial charge in [-0.25, -0.2) is 13.2 Å². The molecular weight excluding hydrogens is 332 g/mol. The van der Waals surface area contributed by atoms with Crippen LogP contribution in [0.1, 0.15) is 29.6 Å². The number of ether oxygens (including phenoxy) is 1. The van der Waals surface area contributed by atoms with Crippen molar-refractivity contribution in [1.82, 2.24) is 4.90 Å². The van der Waals surface area contributed by atoms with Crippen LogP contribution < -0.4 is 5.73 Å². The predicted octanol–water partition coefficient (Wildman–Crippen LogP) is 0.604. The number of hydrogen-bond donors (Lipinski definition) is 1. The number of carbonyl (C=O) groups is 2. The summed E-state index contributed by atoms with van der Waals surface area (Å²) in [7, 11) is -3.07. The van der Waals surface area contributed by atoms with Crippen LogP contribution in [0.25, 0.3) is 0 Å². The minimum Gasteiger partial charge on any atom is -0.452 e. The van der Waals surface area contributed by atoms with Crippen molar-refractivity contribution < 1.29 is 22.7 Å².